The minimum atomic E-state index is -2.34. The number of nitrogens with zero attached hydrogens (tertiary/aromatic N) is 1. The standard InChI is InChI=1S/C22H30N3P/c1-6-9-18-14-21(16-23-22(18)7-2)26(5,12-13-26)25-20-11-8-10-19(15-20)24-17(3)4/h6,8-17,24-25H,7H2,1-5H3/b9-6-. The van der Waals surface area contributed by atoms with Gasteiger partial charge in [0, 0.05) is 0 Å². The van der Waals surface area contributed by atoms with Gasteiger partial charge in [-0.15, -0.1) is 0 Å². The van der Waals surface area contributed by atoms with Crippen molar-refractivity contribution in [1.29, 1.82) is 0 Å². The summed E-state index contributed by atoms with van der Waals surface area (Å²) in [5.74, 6) is 4.69. The molecule has 2 N–H and O–H groups in total. The Morgan fingerprint density at radius 3 is 2.50 bits per heavy atom. The van der Waals surface area contributed by atoms with Crippen LogP contribution in [0.3, 0.4) is 0 Å². The summed E-state index contributed by atoms with van der Waals surface area (Å²) >= 11 is 0. The van der Waals surface area contributed by atoms with Gasteiger partial charge in [-0.25, -0.2) is 0 Å². The van der Waals surface area contributed by atoms with Crippen LogP contribution in [0.15, 0.2) is 54.2 Å². The number of aromatic nitrogens is 1. The van der Waals surface area contributed by atoms with E-state index in [2.05, 4.69) is 105 Å². The third-order valence-corrected chi connectivity index (χ3v) is 8.80. The Labute approximate surface area is 157 Å². The van der Waals surface area contributed by atoms with Gasteiger partial charge in [0.25, 0.3) is 0 Å². The molecule has 0 aliphatic carbocycles. The van der Waals surface area contributed by atoms with Crippen LogP contribution in [0.4, 0.5) is 11.4 Å². The molecule has 1 aromatic heterocycles. The quantitative estimate of drug-likeness (QED) is 0.606. The van der Waals surface area contributed by atoms with E-state index in [4.69, 9.17) is 4.98 Å². The maximum absolute atomic E-state index is 4.75. The van der Waals surface area contributed by atoms with E-state index in [1.807, 2.05) is 0 Å². The zero-order valence-electron chi connectivity index (χ0n) is 16.5. The number of nitrogens with one attached hydrogen (secondary N) is 2. The van der Waals surface area contributed by atoms with Gasteiger partial charge in [0.2, 0.25) is 0 Å². The first-order valence-electron chi connectivity index (χ1n) is 9.37. The monoisotopic (exact) mass is 367 g/mol. The third-order valence-electron chi connectivity index (χ3n) is 4.84. The van der Waals surface area contributed by atoms with Gasteiger partial charge in [-0.3, -0.25) is 0 Å². The Hall–Kier alpha value is -2.12. The molecule has 4 heteroatoms. The van der Waals surface area contributed by atoms with Gasteiger partial charge in [-0.1, -0.05) is 0 Å². The van der Waals surface area contributed by atoms with E-state index in [-0.39, 0.29) is 0 Å². The molecule has 1 aliphatic rings. The summed E-state index contributed by atoms with van der Waals surface area (Å²) in [6.45, 7) is 8.53. The molecular weight excluding hydrogens is 337 g/mol. The van der Waals surface area contributed by atoms with Crippen molar-refractivity contribution in [3.8, 4) is 0 Å². The van der Waals surface area contributed by atoms with Crippen LogP contribution in [0.1, 0.15) is 39.0 Å². The molecule has 0 unspecified atom stereocenters. The minimum absolute atomic E-state index is 0.416. The molecule has 3 rings (SSSR count). The third kappa shape index (κ3) is 3.68. The topological polar surface area (TPSA) is 37.0 Å². The average Bonchev–Trinajstić information content (AvgIpc) is 3.29. The van der Waals surface area contributed by atoms with E-state index in [1.165, 1.54) is 10.9 Å². The summed E-state index contributed by atoms with van der Waals surface area (Å²) in [5.41, 5.74) is 4.67. The Balaban J connectivity index is 1.93. The second-order valence-electron chi connectivity index (χ2n) is 7.61. The Morgan fingerprint density at radius 2 is 1.88 bits per heavy atom. The summed E-state index contributed by atoms with van der Waals surface area (Å²) in [5, 5.41) is 8.63. The molecule has 26 heavy (non-hydrogen) atoms. The first-order valence-corrected chi connectivity index (χ1v) is 12.2. The second kappa shape index (κ2) is 6.89. The second-order valence-corrected chi connectivity index (χ2v) is 12.4. The van der Waals surface area contributed by atoms with Gasteiger partial charge in [-0.2, -0.15) is 0 Å². The summed E-state index contributed by atoms with van der Waals surface area (Å²) in [6, 6.07) is 11.3. The molecule has 1 aliphatic heterocycles. The Kier molecular flexibility index (Phi) is 4.94. The van der Waals surface area contributed by atoms with E-state index in [0.29, 0.717) is 6.04 Å². The predicted octanol–water partition coefficient (Wildman–Crippen LogP) is 5.82. The van der Waals surface area contributed by atoms with E-state index in [1.54, 1.807) is 0 Å². The van der Waals surface area contributed by atoms with Crippen LogP contribution in [0, 0.1) is 0 Å². The number of hydrogen-bond donors (Lipinski definition) is 2. The van der Waals surface area contributed by atoms with Crippen molar-refractivity contribution in [3.63, 3.8) is 0 Å². The predicted molar refractivity (Wildman–Crippen MR) is 119 cm³/mol. The SMILES string of the molecule is C/C=C\c1cc(P2(C)(Nc3cccc(NC(C)C)c3)C=C2)cnc1CC. The molecule has 0 amide bonds. The number of benzene rings is 1. The number of pyridine rings is 1. The van der Waals surface area contributed by atoms with E-state index >= 15 is 0 Å². The van der Waals surface area contributed by atoms with Gasteiger partial charge < -0.3 is 0 Å². The van der Waals surface area contributed by atoms with Gasteiger partial charge in [0.1, 0.15) is 0 Å². The fraction of sp³-hybridized carbons (Fsp3) is 0.318. The van der Waals surface area contributed by atoms with Gasteiger partial charge >= 0.3 is 157 Å². The van der Waals surface area contributed by atoms with Crippen LogP contribution in [0.2, 0.25) is 0 Å². The van der Waals surface area contributed by atoms with Gasteiger partial charge in [0.15, 0.2) is 0 Å². The van der Waals surface area contributed by atoms with E-state index in [9.17, 15) is 0 Å². The number of aryl methyl sites for hydroxylation is 1. The Morgan fingerprint density at radius 1 is 1.15 bits per heavy atom. The first kappa shape index (κ1) is 18.7. The molecule has 0 bridgehead atoms. The van der Waals surface area contributed by atoms with Crippen LogP contribution in [-0.2, 0) is 6.42 Å². The van der Waals surface area contributed by atoms with Crippen molar-refractivity contribution < 1.29 is 0 Å². The van der Waals surface area contributed by atoms with Crippen molar-refractivity contribution in [3.05, 3.63) is 65.5 Å². The zero-order chi connectivity index (χ0) is 18.8. The first-order chi connectivity index (χ1) is 12.4. The molecule has 0 saturated carbocycles. The number of allylic oxidation sites excluding steroid dienone is 1. The van der Waals surface area contributed by atoms with Crippen LogP contribution in [0.25, 0.3) is 6.08 Å². The van der Waals surface area contributed by atoms with Crippen molar-refractivity contribution in [1.82, 2.24) is 4.98 Å². The van der Waals surface area contributed by atoms with Crippen LogP contribution in [-0.4, -0.2) is 17.7 Å². The van der Waals surface area contributed by atoms with Crippen LogP contribution >= 0.6 is 6.75 Å². The fourth-order valence-corrected chi connectivity index (χ4v) is 6.60. The Bertz CT molecular complexity index is 861. The molecule has 0 radical (unpaired) electrons. The molecule has 3 nitrogen and oxygen atoms in total. The molecule has 2 heterocycles. The van der Waals surface area contributed by atoms with Gasteiger partial charge in [0.05, 0.1) is 0 Å². The maximum atomic E-state index is 4.75. The number of hydrogen-bond acceptors (Lipinski definition) is 3. The summed E-state index contributed by atoms with van der Waals surface area (Å²) in [4.78, 5) is 4.75. The molecule has 0 atom stereocenters. The van der Waals surface area contributed by atoms with Crippen LogP contribution in [0.5, 0.6) is 0 Å². The average molecular weight is 367 g/mol. The zero-order valence-corrected chi connectivity index (χ0v) is 17.3. The molecule has 2 aromatic rings. The van der Waals surface area contributed by atoms with Gasteiger partial charge in [-0.05, 0) is 0 Å². The summed E-state index contributed by atoms with van der Waals surface area (Å²) in [6.07, 6.45) is 7.26. The van der Waals surface area contributed by atoms with Crippen LogP contribution < -0.4 is 15.7 Å². The van der Waals surface area contributed by atoms with E-state index in [0.717, 1.165) is 23.5 Å². The molecular formula is C22H30N3P. The van der Waals surface area contributed by atoms with Crippen molar-refractivity contribution in [2.45, 2.75) is 40.2 Å². The molecule has 0 saturated heterocycles. The van der Waals surface area contributed by atoms with Crippen molar-refractivity contribution in [2.75, 3.05) is 17.1 Å². The number of anilines is 2. The fourth-order valence-electron chi connectivity index (χ4n) is 3.24. The molecule has 1 aromatic carbocycles. The van der Waals surface area contributed by atoms with Crippen molar-refractivity contribution >= 4 is 29.5 Å². The normalized spacial score (nSPS) is 18.5. The molecule has 0 spiro atoms. The van der Waals surface area contributed by atoms with E-state index < -0.39 is 6.75 Å². The summed E-state index contributed by atoms with van der Waals surface area (Å²) < 4.78 is 0. The molecule has 0 fully saturated rings. The molecule has 138 valence electrons. The van der Waals surface area contributed by atoms with Crippen molar-refractivity contribution in [2.24, 2.45) is 0 Å². The number of rotatable bonds is 7. The summed E-state index contributed by atoms with van der Waals surface area (Å²) in [7, 11) is 0.